The first-order valence-corrected chi connectivity index (χ1v) is 10.4. The lowest BCUT2D eigenvalue weighted by atomic mass is 10.2. The third kappa shape index (κ3) is 4.42. The minimum absolute atomic E-state index is 0.0964. The summed E-state index contributed by atoms with van der Waals surface area (Å²) in [6.45, 7) is 4.18. The molecule has 1 aliphatic heterocycles. The van der Waals surface area contributed by atoms with Crippen molar-refractivity contribution < 1.29 is 13.2 Å². The molecule has 5 nitrogen and oxygen atoms in total. The SMILES string of the molecule is Cc1ccc(CNS(=O)(=O)c2ccc3c(c2)NC(=O)CC(C)S3)cc1. The first kappa shape index (κ1) is 18.0. The number of benzene rings is 2. The smallest absolute Gasteiger partial charge is 0.240 e. The molecule has 3 rings (SSSR count). The number of anilines is 1. The zero-order chi connectivity index (χ0) is 18.0. The molecule has 0 radical (unpaired) electrons. The first-order chi connectivity index (χ1) is 11.8. The number of sulfonamides is 1. The van der Waals surface area contributed by atoms with Crippen molar-refractivity contribution in [3.8, 4) is 0 Å². The fraction of sp³-hybridized carbons (Fsp3) is 0.278. The van der Waals surface area contributed by atoms with Crippen LogP contribution in [0.4, 0.5) is 5.69 Å². The van der Waals surface area contributed by atoms with E-state index in [0.29, 0.717) is 12.1 Å². The van der Waals surface area contributed by atoms with Crippen LogP contribution in [-0.2, 0) is 21.4 Å². The van der Waals surface area contributed by atoms with E-state index in [2.05, 4.69) is 10.0 Å². The van der Waals surface area contributed by atoms with Crippen molar-refractivity contribution in [3.63, 3.8) is 0 Å². The molecule has 1 atom stereocenters. The molecule has 1 aliphatic rings. The van der Waals surface area contributed by atoms with Crippen LogP contribution in [-0.4, -0.2) is 19.6 Å². The van der Waals surface area contributed by atoms with E-state index in [1.807, 2.05) is 38.1 Å². The standard InChI is InChI=1S/C18H20N2O3S2/c1-12-3-5-14(6-4-12)11-19-25(22,23)15-7-8-17-16(10-15)20-18(21)9-13(2)24-17/h3-8,10,13,19H,9,11H2,1-2H3,(H,20,21). The average molecular weight is 377 g/mol. The van der Waals surface area contributed by atoms with Crippen molar-refractivity contribution in [3.05, 3.63) is 53.6 Å². The molecule has 1 heterocycles. The maximum atomic E-state index is 12.6. The van der Waals surface area contributed by atoms with Crippen LogP contribution in [0.15, 0.2) is 52.3 Å². The molecule has 0 aliphatic carbocycles. The fourth-order valence-corrected chi connectivity index (χ4v) is 4.66. The van der Waals surface area contributed by atoms with Crippen LogP contribution >= 0.6 is 11.8 Å². The van der Waals surface area contributed by atoms with Crippen LogP contribution in [0, 0.1) is 6.92 Å². The van der Waals surface area contributed by atoms with E-state index < -0.39 is 10.0 Å². The van der Waals surface area contributed by atoms with Gasteiger partial charge >= 0.3 is 0 Å². The number of amides is 1. The van der Waals surface area contributed by atoms with Gasteiger partial charge in [0.2, 0.25) is 15.9 Å². The van der Waals surface area contributed by atoms with Gasteiger partial charge in [0.1, 0.15) is 0 Å². The predicted octanol–water partition coefficient (Wildman–Crippen LogP) is 3.30. The Balaban J connectivity index is 1.80. The van der Waals surface area contributed by atoms with Crippen LogP contribution in [0.2, 0.25) is 0 Å². The van der Waals surface area contributed by atoms with Crippen molar-refractivity contribution in [2.75, 3.05) is 5.32 Å². The topological polar surface area (TPSA) is 75.3 Å². The molecule has 2 aromatic rings. The second-order valence-electron chi connectivity index (χ2n) is 6.15. The summed E-state index contributed by atoms with van der Waals surface area (Å²) in [5.74, 6) is -0.0964. The minimum Gasteiger partial charge on any atom is -0.325 e. The quantitative estimate of drug-likeness (QED) is 0.859. The van der Waals surface area contributed by atoms with Crippen molar-refractivity contribution in [1.82, 2.24) is 4.72 Å². The van der Waals surface area contributed by atoms with Gasteiger partial charge in [-0.3, -0.25) is 4.79 Å². The highest BCUT2D eigenvalue weighted by atomic mass is 32.2. The maximum absolute atomic E-state index is 12.6. The second kappa shape index (κ2) is 7.19. The number of thioether (sulfide) groups is 1. The lowest BCUT2D eigenvalue weighted by Crippen LogP contribution is -2.23. The third-order valence-corrected chi connectivity index (χ3v) is 6.50. The van der Waals surface area contributed by atoms with Gasteiger partial charge in [0.25, 0.3) is 0 Å². The Morgan fingerprint density at radius 3 is 2.64 bits per heavy atom. The molecule has 132 valence electrons. The molecule has 2 aromatic carbocycles. The molecule has 7 heteroatoms. The summed E-state index contributed by atoms with van der Waals surface area (Å²) < 4.78 is 27.7. The highest BCUT2D eigenvalue weighted by molar-refractivity contribution is 8.00. The van der Waals surface area contributed by atoms with E-state index in [0.717, 1.165) is 16.0 Å². The van der Waals surface area contributed by atoms with Gasteiger partial charge in [-0.25, -0.2) is 13.1 Å². The van der Waals surface area contributed by atoms with Gasteiger partial charge in [-0.05, 0) is 30.7 Å². The zero-order valence-electron chi connectivity index (χ0n) is 14.1. The van der Waals surface area contributed by atoms with E-state index in [9.17, 15) is 13.2 Å². The van der Waals surface area contributed by atoms with Crippen LogP contribution in [0.1, 0.15) is 24.5 Å². The van der Waals surface area contributed by atoms with Gasteiger partial charge in [0, 0.05) is 23.1 Å². The maximum Gasteiger partial charge on any atom is 0.240 e. The molecule has 0 fully saturated rings. The van der Waals surface area contributed by atoms with E-state index in [1.165, 1.54) is 6.07 Å². The molecule has 0 spiro atoms. The molecule has 2 N–H and O–H groups in total. The van der Waals surface area contributed by atoms with Crippen molar-refractivity contribution in [1.29, 1.82) is 0 Å². The molecule has 0 saturated carbocycles. The largest absolute Gasteiger partial charge is 0.325 e. The third-order valence-electron chi connectivity index (χ3n) is 3.92. The first-order valence-electron chi connectivity index (χ1n) is 7.99. The minimum atomic E-state index is -3.66. The summed E-state index contributed by atoms with van der Waals surface area (Å²) in [7, 11) is -3.66. The molecular weight excluding hydrogens is 356 g/mol. The number of rotatable bonds is 4. The Kier molecular flexibility index (Phi) is 5.17. The second-order valence-corrected chi connectivity index (χ2v) is 9.40. The van der Waals surface area contributed by atoms with E-state index in [1.54, 1.807) is 23.9 Å². The van der Waals surface area contributed by atoms with Crippen LogP contribution in [0.3, 0.4) is 0 Å². The summed E-state index contributed by atoms with van der Waals surface area (Å²) in [6, 6.07) is 12.5. The molecule has 25 heavy (non-hydrogen) atoms. The lowest BCUT2D eigenvalue weighted by molar-refractivity contribution is -0.116. The Morgan fingerprint density at radius 1 is 1.20 bits per heavy atom. The summed E-state index contributed by atoms with van der Waals surface area (Å²) >= 11 is 1.57. The van der Waals surface area contributed by atoms with Crippen molar-refractivity contribution >= 4 is 33.4 Å². The number of hydrogen-bond acceptors (Lipinski definition) is 4. The summed E-state index contributed by atoms with van der Waals surface area (Å²) in [5, 5.41) is 2.95. The van der Waals surface area contributed by atoms with Crippen molar-refractivity contribution in [2.45, 2.75) is 41.9 Å². The van der Waals surface area contributed by atoms with Gasteiger partial charge in [-0.15, -0.1) is 11.8 Å². The monoisotopic (exact) mass is 376 g/mol. The van der Waals surface area contributed by atoms with Gasteiger partial charge in [-0.2, -0.15) is 0 Å². The Labute approximate surface area is 152 Å². The van der Waals surface area contributed by atoms with E-state index in [4.69, 9.17) is 0 Å². The van der Waals surface area contributed by atoms with Gasteiger partial charge in [-0.1, -0.05) is 36.8 Å². The van der Waals surface area contributed by atoms with E-state index >= 15 is 0 Å². The van der Waals surface area contributed by atoms with Crippen LogP contribution in [0.5, 0.6) is 0 Å². The summed E-state index contributed by atoms with van der Waals surface area (Å²) in [6.07, 6.45) is 0.410. The predicted molar refractivity (Wildman–Crippen MR) is 100 cm³/mol. The number of fused-ring (bicyclic) bond motifs is 1. The number of carbonyl (C=O) groups excluding carboxylic acids is 1. The molecule has 0 aromatic heterocycles. The molecule has 0 bridgehead atoms. The Hall–Kier alpha value is -1.83. The van der Waals surface area contributed by atoms with Gasteiger partial charge in [0.05, 0.1) is 10.6 Å². The number of hydrogen-bond donors (Lipinski definition) is 2. The zero-order valence-corrected chi connectivity index (χ0v) is 15.7. The molecule has 1 unspecified atom stereocenters. The summed E-state index contributed by atoms with van der Waals surface area (Å²) in [5.41, 5.74) is 2.57. The Morgan fingerprint density at radius 2 is 1.92 bits per heavy atom. The molecular formula is C18H20N2O3S2. The van der Waals surface area contributed by atoms with Crippen LogP contribution < -0.4 is 10.0 Å². The van der Waals surface area contributed by atoms with Gasteiger partial charge in [0.15, 0.2) is 0 Å². The van der Waals surface area contributed by atoms with E-state index in [-0.39, 0.29) is 22.6 Å². The highest BCUT2D eigenvalue weighted by Crippen LogP contribution is 2.36. The average Bonchev–Trinajstić information content (AvgIpc) is 2.69. The van der Waals surface area contributed by atoms with Gasteiger partial charge < -0.3 is 5.32 Å². The van der Waals surface area contributed by atoms with Crippen molar-refractivity contribution in [2.24, 2.45) is 0 Å². The highest BCUT2D eigenvalue weighted by Gasteiger charge is 2.22. The number of aryl methyl sites for hydroxylation is 1. The molecule has 0 saturated heterocycles. The fourth-order valence-electron chi connectivity index (χ4n) is 2.57. The molecule has 1 amide bonds. The Bertz CT molecular complexity index is 893. The van der Waals surface area contributed by atoms with Crippen LogP contribution in [0.25, 0.3) is 0 Å². The number of nitrogens with one attached hydrogen (secondary N) is 2. The summed E-state index contributed by atoms with van der Waals surface area (Å²) in [4.78, 5) is 12.9. The number of carbonyl (C=O) groups is 1. The lowest BCUT2D eigenvalue weighted by Gasteiger charge is -2.11. The normalized spacial score (nSPS) is 17.5.